The quantitative estimate of drug-likeness (QED) is 0.195. The Morgan fingerprint density at radius 3 is 2.57 bits per heavy atom. The van der Waals surface area contributed by atoms with Crippen molar-refractivity contribution in [1.29, 1.82) is 0 Å². The topological polar surface area (TPSA) is 72.0 Å². The molecule has 0 aliphatic heterocycles. The maximum atomic E-state index is 12.7. The van der Waals surface area contributed by atoms with E-state index in [1.165, 1.54) is 0 Å². The Bertz CT molecular complexity index is 1060. The molecule has 3 aromatic carbocycles. The van der Waals surface area contributed by atoms with Crippen LogP contribution in [-0.4, -0.2) is 30.4 Å². The molecule has 154 valence electrons. The van der Waals surface area contributed by atoms with E-state index in [9.17, 15) is 4.79 Å². The van der Waals surface area contributed by atoms with Crippen LogP contribution in [0.2, 0.25) is 0 Å². The van der Waals surface area contributed by atoms with Crippen LogP contribution in [-0.2, 0) is 0 Å². The molecule has 0 bridgehead atoms. The number of carbonyl (C=O) groups excluding carboxylic acids is 1. The van der Waals surface area contributed by atoms with Crippen LogP contribution in [0, 0.1) is 0 Å². The van der Waals surface area contributed by atoms with Crippen molar-refractivity contribution in [2.45, 2.75) is 13.8 Å². The fraction of sp³-hybridized carbons (Fsp3) is 0.174. The normalized spacial score (nSPS) is 10.7. The van der Waals surface area contributed by atoms with Gasteiger partial charge in [0.15, 0.2) is 5.11 Å². The Kier molecular flexibility index (Phi) is 7.34. The molecule has 0 unspecified atom stereocenters. The van der Waals surface area contributed by atoms with E-state index in [-0.39, 0.29) is 0 Å². The smallest absolute Gasteiger partial charge is 0.343 e. The predicted octanol–water partition coefficient (Wildman–Crippen LogP) is 4.28. The maximum absolute atomic E-state index is 12.7. The lowest BCUT2D eigenvalue weighted by Crippen LogP contribution is -2.31. The molecule has 0 saturated carbocycles. The number of nitrogens with one attached hydrogen (secondary N) is 2. The highest BCUT2D eigenvalue weighted by molar-refractivity contribution is 7.80. The van der Waals surface area contributed by atoms with Gasteiger partial charge in [0.1, 0.15) is 11.5 Å². The van der Waals surface area contributed by atoms with Crippen molar-refractivity contribution in [3.8, 4) is 11.5 Å². The number of hydrogen-bond donors (Lipinski definition) is 2. The molecular formula is C23H23N3O3S. The predicted molar refractivity (Wildman–Crippen MR) is 124 cm³/mol. The highest BCUT2D eigenvalue weighted by atomic mass is 32.1. The number of carbonyl (C=O) groups is 1. The van der Waals surface area contributed by atoms with Crippen LogP contribution >= 0.6 is 12.2 Å². The molecule has 0 saturated heterocycles. The van der Waals surface area contributed by atoms with Crippen LogP contribution in [0.15, 0.2) is 65.8 Å². The second kappa shape index (κ2) is 10.4. The maximum Gasteiger partial charge on any atom is 0.343 e. The van der Waals surface area contributed by atoms with Crippen molar-refractivity contribution in [2.75, 3.05) is 13.2 Å². The van der Waals surface area contributed by atoms with Crippen molar-refractivity contribution in [3.63, 3.8) is 0 Å². The number of ether oxygens (including phenoxy) is 2. The Morgan fingerprint density at radius 2 is 1.83 bits per heavy atom. The van der Waals surface area contributed by atoms with Crippen LogP contribution < -0.4 is 20.2 Å². The first kappa shape index (κ1) is 21.3. The first-order valence-corrected chi connectivity index (χ1v) is 10.1. The first-order valence-electron chi connectivity index (χ1n) is 9.66. The van der Waals surface area contributed by atoms with Gasteiger partial charge in [-0.1, -0.05) is 30.3 Å². The van der Waals surface area contributed by atoms with E-state index in [1.807, 2.05) is 44.2 Å². The Morgan fingerprint density at radius 1 is 1.07 bits per heavy atom. The molecule has 30 heavy (non-hydrogen) atoms. The van der Waals surface area contributed by atoms with Gasteiger partial charge < -0.3 is 14.8 Å². The van der Waals surface area contributed by atoms with Crippen LogP contribution in [0.5, 0.6) is 11.5 Å². The zero-order valence-corrected chi connectivity index (χ0v) is 17.7. The lowest BCUT2D eigenvalue weighted by molar-refractivity contribution is 0.0734. The molecule has 0 aliphatic carbocycles. The van der Waals surface area contributed by atoms with Crippen molar-refractivity contribution < 1.29 is 14.3 Å². The van der Waals surface area contributed by atoms with Crippen LogP contribution in [0.1, 0.15) is 29.8 Å². The number of hydrazone groups is 1. The number of esters is 1. The van der Waals surface area contributed by atoms with Crippen LogP contribution in [0.4, 0.5) is 0 Å². The molecule has 0 radical (unpaired) electrons. The second-order valence-corrected chi connectivity index (χ2v) is 6.68. The molecule has 0 fully saturated rings. The summed E-state index contributed by atoms with van der Waals surface area (Å²) in [5.74, 6) is 0.655. The molecule has 0 amide bonds. The van der Waals surface area contributed by atoms with Crippen molar-refractivity contribution in [1.82, 2.24) is 10.7 Å². The lowest BCUT2D eigenvalue weighted by Gasteiger charge is -2.11. The van der Waals surface area contributed by atoms with Gasteiger partial charge in [0.05, 0.1) is 18.4 Å². The van der Waals surface area contributed by atoms with Crippen LogP contribution in [0.3, 0.4) is 0 Å². The van der Waals surface area contributed by atoms with E-state index in [1.54, 1.807) is 36.5 Å². The van der Waals surface area contributed by atoms with Gasteiger partial charge in [-0.25, -0.2) is 4.79 Å². The number of thiocarbonyl (C=S) groups is 1. The summed E-state index contributed by atoms with van der Waals surface area (Å²) in [6.45, 7) is 5.11. The van der Waals surface area contributed by atoms with E-state index < -0.39 is 5.97 Å². The zero-order valence-electron chi connectivity index (χ0n) is 16.8. The largest absolute Gasteiger partial charge is 0.494 e. The third kappa shape index (κ3) is 5.33. The van der Waals surface area contributed by atoms with Crippen molar-refractivity contribution in [3.05, 3.63) is 71.8 Å². The molecule has 3 rings (SSSR count). The number of hydrogen-bond acceptors (Lipinski definition) is 5. The number of nitrogens with zero attached hydrogens (tertiary/aromatic N) is 1. The van der Waals surface area contributed by atoms with Crippen molar-refractivity contribution >= 4 is 40.3 Å². The molecule has 0 aliphatic rings. The SMILES string of the molecule is CCNC(=S)NN=Cc1c(OC(=O)c2ccc(OCC)cc2)ccc2ccccc12. The minimum atomic E-state index is -0.459. The highest BCUT2D eigenvalue weighted by Gasteiger charge is 2.13. The van der Waals surface area contributed by atoms with E-state index >= 15 is 0 Å². The van der Waals surface area contributed by atoms with Gasteiger partial charge in [0.25, 0.3) is 0 Å². The van der Waals surface area contributed by atoms with Gasteiger partial charge in [-0.15, -0.1) is 0 Å². The highest BCUT2D eigenvalue weighted by Crippen LogP contribution is 2.27. The molecule has 7 heteroatoms. The van der Waals surface area contributed by atoms with E-state index in [4.69, 9.17) is 21.7 Å². The monoisotopic (exact) mass is 421 g/mol. The second-order valence-electron chi connectivity index (χ2n) is 6.27. The summed E-state index contributed by atoms with van der Waals surface area (Å²) < 4.78 is 11.1. The number of benzene rings is 3. The minimum Gasteiger partial charge on any atom is -0.494 e. The van der Waals surface area contributed by atoms with Gasteiger partial charge in [-0.05, 0) is 67.2 Å². The standard InChI is InChI=1S/C23H23N3O3S/c1-3-24-23(30)26-25-15-20-19-8-6-5-7-16(19)11-14-21(20)29-22(27)17-9-12-18(13-10-17)28-4-2/h5-15H,3-4H2,1-2H3,(H2,24,26,30). The lowest BCUT2D eigenvalue weighted by atomic mass is 10.0. The molecule has 0 aromatic heterocycles. The van der Waals surface area contributed by atoms with Crippen molar-refractivity contribution in [2.24, 2.45) is 5.10 Å². The van der Waals surface area contributed by atoms with E-state index in [0.717, 1.165) is 10.8 Å². The summed E-state index contributed by atoms with van der Waals surface area (Å²) >= 11 is 5.13. The van der Waals surface area contributed by atoms with E-state index in [2.05, 4.69) is 15.8 Å². The first-order chi connectivity index (χ1) is 14.6. The summed E-state index contributed by atoms with van der Waals surface area (Å²) in [5, 5.41) is 9.50. The molecule has 3 aromatic rings. The van der Waals surface area contributed by atoms with Gasteiger partial charge in [-0.3, -0.25) is 5.43 Å². The Labute approximate surface area is 180 Å². The Hall–Kier alpha value is -3.45. The Balaban J connectivity index is 1.87. The summed E-state index contributed by atoms with van der Waals surface area (Å²) in [7, 11) is 0. The van der Waals surface area contributed by atoms with Gasteiger partial charge in [0.2, 0.25) is 0 Å². The molecule has 6 nitrogen and oxygen atoms in total. The average Bonchev–Trinajstić information content (AvgIpc) is 2.76. The van der Waals surface area contributed by atoms with Gasteiger partial charge in [-0.2, -0.15) is 5.10 Å². The zero-order chi connectivity index (χ0) is 21.3. The third-order valence-corrected chi connectivity index (χ3v) is 4.47. The molecule has 0 heterocycles. The molecule has 0 atom stereocenters. The molecular weight excluding hydrogens is 398 g/mol. The summed E-state index contributed by atoms with van der Waals surface area (Å²) in [6, 6.07) is 18.3. The summed E-state index contributed by atoms with van der Waals surface area (Å²) in [5.41, 5.74) is 3.87. The fourth-order valence-corrected chi connectivity index (χ4v) is 3.06. The third-order valence-electron chi connectivity index (χ3n) is 4.23. The number of fused-ring (bicyclic) bond motifs is 1. The minimum absolute atomic E-state index is 0.410. The fourth-order valence-electron chi connectivity index (χ4n) is 2.87. The van der Waals surface area contributed by atoms with E-state index in [0.29, 0.717) is 40.9 Å². The number of rotatable bonds is 7. The summed E-state index contributed by atoms with van der Waals surface area (Å²) in [4.78, 5) is 12.7. The molecule has 2 N–H and O–H groups in total. The van der Waals surface area contributed by atoms with Gasteiger partial charge in [0, 0.05) is 12.1 Å². The average molecular weight is 422 g/mol. The van der Waals surface area contributed by atoms with Crippen LogP contribution in [0.25, 0.3) is 10.8 Å². The van der Waals surface area contributed by atoms with Gasteiger partial charge >= 0.3 is 5.97 Å². The summed E-state index contributed by atoms with van der Waals surface area (Å²) in [6.07, 6.45) is 1.60. The molecule has 0 spiro atoms.